The van der Waals surface area contributed by atoms with Crippen LogP contribution < -0.4 is 5.32 Å². The zero-order chi connectivity index (χ0) is 18.7. The Kier molecular flexibility index (Phi) is 4.70. The van der Waals surface area contributed by atoms with Crippen LogP contribution in [-0.4, -0.2) is 16.0 Å². The minimum Gasteiger partial charge on any atom is -0.345 e. The Labute approximate surface area is 144 Å². The predicted molar refractivity (Wildman–Crippen MR) is 82.3 cm³/mol. The summed E-state index contributed by atoms with van der Waals surface area (Å²) in [6.07, 6.45) is -4.64. The van der Waals surface area contributed by atoms with E-state index in [4.69, 9.17) is 4.52 Å². The summed E-state index contributed by atoms with van der Waals surface area (Å²) in [5, 5.41) is 5.95. The molecule has 1 aromatic heterocycles. The largest absolute Gasteiger partial charge is 0.417 e. The minimum atomic E-state index is -4.64. The van der Waals surface area contributed by atoms with Crippen molar-refractivity contribution in [3.63, 3.8) is 0 Å². The molecule has 0 saturated carbocycles. The summed E-state index contributed by atoms with van der Waals surface area (Å²) in [6, 6.07) is 9.76. The number of nitrogens with zero attached hydrogens (tertiary/aromatic N) is 2. The van der Waals surface area contributed by atoms with Crippen LogP contribution in [-0.2, 0) is 12.7 Å². The first kappa shape index (κ1) is 17.6. The SMILES string of the molecule is O=C(NCc1noc(-c2ccc(F)cc2)n1)c1ccccc1C(F)(F)F. The molecule has 3 rings (SSSR count). The number of amides is 1. The van der Waals surface area contributed by atoms with Crippen LogP contribution in [0, 0.1) is 5.82 Å². The van der Waals surface area contributed by atoms with Crippen LogP contribution >= 0.6 is 0 Å². The fourth-order valence-electron chi connectivity index (χ4n) is 2.22. The lowest BCUT2D eigenvalue weighted by molar-refractivity contribution is -0.137. The molecule has 0 unspecified atom stereocenters. The fraction of sp³-hybridized carbons (Fsp3) is 0.118. The summed E-state index contributed by atoms with van der Waals surface area (Å²) in [5.74, 6) is -1.16. The summed E-state index contributed by atoms with van der Waals surface area (Å²) in [6.45, 7) is -0.226. The summed E-state index contributed by atoms with van der Waals surface area (Å²) >= 11 is 0. The third-order valence-electron chi connectivity index (χ3n) is 3.44. The van der Waals surface area contributed by atoms with Crippen LogP contribution in [0.4, 0.5) is 17.6 Å². The zero-order valence-corrected chi connectivity index (χ0v) is 13.0. The van der Waals surface area contributed by atoms with Gasteiger partial charge in [0.05, 0.1) is 17.7 Å². The van der Waals surface area contributed by atoms with Gasteiger partial charge in [0.25, 0.3) is 11.8 Å². The van der Waals surface area contributed by atoms with Crippen LogP contribution in [0.3, 0.4) is 0 Å². The van der Waals surface area contributed by atoms with E-state index in [0.717, 1.165) is 12.1 Å². The molecule has 1 N–H and O–H groups in total. The average molecular weight is 365 g/mol. The molecule has 134 valence electrons. The Hall–Kier alpha value is -3.23. The molecule has 0 fully saturated rings. The lowest BCUT2D eigenvalue weighted by Gasteiger charge is -2.11. The van der Waals surface area contributed by atoms with Gasteiger partial charge >= 0.3 is 6.18 Å². The molecular weight excluding hydrogens is 354 g/mol. The van der Waals surface area contributed by atoms with Crippen molar-refractivity contribution in [1.29, 1.82) is 0 Å². The number of carbonyl (C=O) groups excluding carboxylic acids is 1. The molecule has 2 aromatic carbocycles. The Morgan fingerprint density at radius 3 is 2.46 bits per heavy atom. The lowest BCUT2D eigenvalue weighted by Crippen LogP contribution is -2.26. The molecule has 1 amide bonds. The number of nitrogens with one attached hydrogen (secondary N) is 1. The Morgan fingerprint density at radius 1 is 1.08 bits per heavy atom. The van der Waals surface area contributed by atoms with E-state index in [1.165, 1.54) is 36.4 Å². The first-order valence-corrected chi connectivity index (χ1v) is 7.37. The second-order valence-corrected chi connectivity index (χ2v) is 5.25. The molecule has 0 spiro atoms. The molecule has 5 nitrogen and oxygen atoms in total. The van der Waals surface area contributed by atoms with E-state index >= 15 is 0 Å². The first-order chi connectivity index (χ1) is 12.3. The average Bonchev–Trinajstić information content (AvgIpc) is 3.08. The number of hydrogen-bond acceptors (Lipinski definition) is 4. The van der Waals surface area contributed by atoms with Gasteiger partial charge in [-0.3, -0.25) is 4.79 Å². The number of benzene rings is 2. The second-order valence-electron chi connectivity index (χ2n) is 5.25. The van der Waals surface area contributed by atoms with Gasteiger partial charge in [-0.1, -0.05) is 17.3 Å². The van der Waals surface area contributed by atoms with Crippen LogP contribution in [0.2, 0.25) is 0 Å². The highest BCUT2D eigenvalue weighted by atomic mass is 19.4. The topological polar surface area (TPSA) is 68.0 Å². The van der Waals surface area contributed by atoms with Gasteiger partial charge in [0.2, 0.25) is 0 Å². The molecule has 26 heavy (non-hydrogen) atoms. The van der Waals surface area contributed by atoms with Gasteiger partial charge in [-0.25, -0.2) is 4.39 Å². The highest BCUT2D eigenvalue weighted by molar-refractivity contribution is 5.95. The molecular formula is C17H11F4N3O2. The maximum atomic E-state index is 12.9. The molecule has 0 aliphatic carbocycles. The van der Waals surface area contributed by atoms with E-state index in [-0.39, 0.29) is 18.3 Å². The number of alkyl halides is 3. The Bertz CT molecular complexity index is 920. The highest BCUT2D eigenvalue weighted by Crippen LogP contribution is 2.31. The monoisotopic (exact) mass is 365 g/mol. The van der Waals surface area contributed by atoms with Crippen molar-refractivity contribution in [3.05, 3.63) is 71.3 Å². The maximum Gasteiger partial charge on any atom is 0.417 e. The molecule has 9 heteroatoms. The van der Waals surface area contributed by atoms with Crippen molar-refractivity contribution in [2.75, 3.05) is 0 Å². The standard InChI is InChI=1S/C17H11F4N3O2/c18-11-7-5-10(6-8-11)16-23-14(24-26-16)9-22-15(25)12-3-1-2-4-13(12)17(19,20)21/h1-8H,9H2,(H,22,25). The Morgan fingerprint density at radius 2 is 1.77 bits per heavy atom. The van der Waals surface area contributed by atoms with Crippen LogP contribution in [0.1, 0.15) is 21.7 Å². The van der Waals surface area contributed by atoms with Gasteiger partial charge in [-0.05, 0) is 36.4 Å². The molecule has 0 saturated heterocycles. The summed E-state index contributed by atoms with van der Waals surface area (Å²) in [5.41, 5.74) is -1.06. The van der Waals surface area contributed by atoms with Crippen molar-refractivity contribution in [3.8, 4) is 11.5 Å². The van der Waals surface area contributed by atoms with E-state index in [0.29, 0.717) is 5.56 Å². The second kappa shape index (κ2) is 6.95. The van der Waals surface area contributed by atoms with E-state index in [9.17, 15) is 22.4 Å². The van der Waals surface area contributed by atoms with E-state index < -0.39 is 29.0 Å². The first-order valence-electron chi connectivity index (χ1n) is 7.37. The minimum absolute atomic E-state index is 0.0714. The van der Waals surface area contributed by atoms with Crippen molar-refractivity contribution < 1.29 is 26.9 Å². The number of hydrogen-bond donors (Lipinski definition) is 1. The smallest absolute Gasteiger partial charge is 0.345 e. The third-order valence-corrected chi connectivity index (χ3v) is 3.44. The molecule has 0 atom stereocenters. The lowest BCUT2D eigenvalue weighted by atomic mass is 10.1. The van der Waals surface area contributed by atoms with Crippen molar-refractivity contribution in [1.82, 2.24) is 15.5 Å². The van der Waals surface area contributed by atoms with E-state index in [1.807, 2.05) is 0 Å². The van der Waals surface area contributed by atoms with Crippen LogP contribution in [0.5, 0.6) is 0 Å². The number of rotatable bonds is 4. The predicted octanol–water partition coefficient (Wildman–Crippen LogP) is 3.82. The van der Waals surface area contributed by atoms with Gasteiger partial charge < -0.3 is 9.84 Å². The highest BCUT2D eigenvalue weighted by Gasteiger charge is 2.34. The van der Waals surface area contributed by atoms with Crippen molar-refractivity contribution in [2.24, 2.45) is 0 Å². The van der Waals surface area contributed by atoms with Crippen molar-refractivity contribution >= 4 is 5.91 Å². The summed E-state index contributed by atoms with van der Waals surface area (Å²) in [4.78, 5) is 16.1. The molecule has 1 heterocycles. The molecule has 0 bridgehead atoms. The zero-order valence-electron chi connectivity index (χ0n) is 13.0. The van der Waals surface area contributed by atoms with Gasteiger partial charge in [-0.2, -0.15) is 18.2 Å². The van der Waals surface area contributed by atoms with Gasteiger partial charge in [0, 0.05) is 5.56 Å². The number of halogens is 4. The molecule has 0 aliphatic heterocycles. The van der Waals surface area contributed by atoms with Crippen LogP contribution in [0.15, 0.2) is 53.1 Å². The Balaban J connectivity index is 1.70. The summed E-state index contributed by atoms with van der Waals surface area (Å²) in [7, 11) is 0. The van der Waals surface area contributed by atoms with Crippen molar-refractivity contribution in [2.45, 2.75) is 12.7 Å². The van der Waals surface area contributed by atoms with E-state index in [1.54, 1.807) is 0 Å². The molecule has 0 radical (unpaired) electrons. The summed E-state index contributed by atoms with van der Waals surface area (Å²) < 4.78 is 56.7. The van der Waals surface area contributed by atoms with Crippen LogP contribution in [0.25, 0.3) is 11.5 Å². The number of carbonyl (C=O) groups is 1. The molecule has 3 aromatic rings. The molecule has 0 aliphatic rings. The van der Waals surface area contributed by atoms with Gasteiger partial charge in [0.1, 0.15) is 5.82 Å². The maximum absolute atomic E-state index is 12.9. The fourth-order valence-corrected chi connectivity index (χ4v) is 2.22. The normalized spacial score (nSPS) is 11.4. The quantitative estimate of drug-likeness (QED) is 0.714. The third kappa shape index (κ3) is 3.88. The van der Waals surface area contributed by atoms with Gasteiger partial charge in [0.15, 0.2) is 5.82 Å². The van der Waals surface area contributed by atoms with E-state index in [2.05, 4.69) is 15.5 Å². The van der Waals surface area contributed by atoms with Gasteiger partial charge in [-0.15, -0.1) is 0 Å². The number of aromatic nitrogens is 2.